The molecule has 148 valence electrons. The molecule has 3 aromatic rings. The molecule has 6 nitrogen and oxygen atoms in total. The van der Waals surface area contributed by atoms with Gasteiger partial charge in [-0.15, -0.1) is 0 Å². The Hall–Kier alpha value is -3.14. The number of nitrogens with one attached hydrogen (secondary N) is 1. The molecule has 29 heavy (non-hydrogen) atoms. The van der Waals surface area contributed by atoms with Crippen molar-refractivity contribution in [2.45, 2.75) is 12.5 Å². The van der Waals surface area contributed by atoms with E-state index in [2.05, 4.69) is 16.0 Å². The summed E-state index contributed by atoms with van der Waals surface area (Å²) >= 11 is 0. The van der Waals surface area contributed by atoms with Gasteiger partial charge < -0.3 is 10.1 Å². The van der Waals surface area contributed by atoms with Gasteiger partial charge in [-0.25, -0.2) is 0 Å². The fraction of sp³-hybridized carbons (Fsp3) is 0.304. The van der Waals surface area contributed by atoms with Crippen molar-refractivity contribution in [1.29, 1.82) is 5.26 Å². The zero-order valence-electron chi connectivity index (χ0n) is 16.2. The number of carboxylic acid groups (broad SMARTS) is 1. The molecule has 1 atom stereocenters. The van der Waals surface area contributed by atoms with Crippen molar-refractivity contribution >= 4 is 16.9 Å². The van der Waals surface area contributed by atoms with Crippen molar-refractivity contribution in [3.05, 3.63) is 60.2 Å². The predicted molar refractivity (Wildman–Crippen MR) is 112 cm³/mol. The van der Waals surface area contributed by atoms with Gasteiger partial charge in [0.05, 0.1) is 11.8 Å². The maximum absolute atomic E-state index is 12.5. The van der Waals surface area contributed by atoms with Crippen LogP contribution in [0, 0.1) is 11.3 Å². The van der Waals surface area contributed by atoms with Gasteiger partial charge in [0.2, 0.25) is 0 Å². The van der Waals surface area contributed by atoms with E-state index in [9.17, 15) is 9.90 Å². The van der Waals surface area contributed by atoms with E-state index in [0.717, 1.165) is 47.4 Å². The summed E-state index contributed by atoms with van der Waals surface area (Å²) in [6, 6.07) is 19.3. The number of hydrogen-bond donors (Lipinski definition) is 2. The van der Waals surface area contributed by atoms with Crippen LogP contribution in [-0.2, 0) is 4.79 Å². The second-order valence-corrected chi connectivity index (χ2v) is 7.35. The topological polar surface area (TPSA) is 83.4 Å². The van der Waals surface area contributed by atoms with Crippen molar-refractivity contribution in [2.24, 2.45) is 0 Å². The molecule has 1 saturated heterocycles. The van der Waals surface area contributed by atoms with Gasteiger partial charge in [0.15, 0.2) is 0 Å². The van der Waals surface area contributed by atoms with Crippen molar-refractivity contribution < 1.29 is 9.90 Å². The smallest absolute Gasteiger partial charge is 0.325 e. The highest BCUT2D eigenvalue weighted by Gasteiger charge is 2.34. The molecule has 1 aromatic heterocycles. The number of piperazine rings is 1. The number of aromatic nitrogens is 1. The maximum Gasteiger partial charge on any atom is 0.325 e. The van der Waals surface area contributed by atoms with Crippen molar-refractivity contribution in [3.63, 3.8) is 0 Å². The molecular weight excluding hydrogens is 364 g/mol. The number of nitriles is 1. The van der Waals surface area contributed by atoms with E-state index >= 15 is 0 Å². The fourth-order valence-electron chi connectivity index (χ4n) is 4.20. The largest absolute Gasteiger partial charge is 0.480 e. The van der Waals surface area contributed by atoms with Crippen LogP contribution in [0.1, 0.15) is 18.0 Å². The van der Waals surface area contributed by atoms with Crippen LogP contribution >= 0.6 is 0 Å². The number of benzene rings is 2. The Labute approximate surface area is 170 Å². The molecule has 0 unspecified atom stereocenters. The number of para-hydroxylation sites is 1. The number of fused-ring (bicyclic) bond motifs is 1. The zero-order chi connectivity index (χ0) is 20.2. The average Bonchev–Trinajstić information content (AvgIpc) is 3.13. The van der Waals surface area contributed by atoms with Gasteiger partial charge in [-0.3, -0.25) is 14.6 Å². The minimum Gasteiger partial charge on any atom is -0.480 e. The molecule has 2 heterocycles. The summed E-state index contributed by atoms with van der Waals surface area (Å²) < 4.78 is 0. The molecule has 1 aliphatic rings. The Kier molecular flexibility index (Phi) is 5.61. The van der Waals surface area contributed by atoms with Crippen LogP contribution in [0.15, 0.2) is 54.6 Å². The summed E-state index contributed by atoms with van der Waals surface area (Å²) in [7, 11) is 0. The van der Waals surface area contributed by atoms with Gasteiger partial charge in [-0.1, -0.05) is 48.5 Å². The second kappa shape index (κ2) is 8.48. The van der Waals surface area contributed by atoms with Crippen LogP contribution in [0.4, 0.5) is 0 Å². The molecule has 0 amide bonds. The molecule has 0 spiro atoms. The lowest BCUT2D eigenvalue weighted by Crippen LogP contribution is -2.49. The Morgan fingerprint density at radius 2 is 1.76 bits per heavy atom. The van der Waals surface area contributed by atoms with Crippen LogP contribution in [0.5, 0.6) is 0 Å². The molecule has 1 fully saturated rings. The highest BCUT2D eigenvalue weighted by atomic mass is 16.4. The zero-order valence-corrected chi connectivity index (χ0v) is 16.2. The quantitative estimate of drug-likeness (QED) is 0.675. The molecule has 0 bridgehead atoms. The molecule has 1 aliphatic heterocycles. The van der Waals surface area contributed by atoms with Crippen molar-refractivity contribution in [1.82, 2.24) is 14.8 Å². The number of carboxylic acids is 1. The minimum atomic E-state index is -0.836. The van der Waals surface area contributed by atoms with E-state index in [1.807, 2.05) is 59.5 Å². The van der Waals surface area contributed by atoms with E-state index in [1.165, 1.54) is 0 Å². The van der Waals surface area contributed by atoms with Crippen molar-refractivity contribution in [2.75, 3.05) is 32.7 Å². The predicted octanol–water partition coefficient (Wildman–Crippen LogP) is 3.49. The van der Waals surface area contributed by atoms with Crippen LogP contribution in [0.2, 0.25) is 0 Å². The van der Waals surface area contributed by atoms with Crippen LogP contribution in [0.25, 0.3) is 22.2 Å². The molecule has 0 saturated carbocycles. The first-order valence-corrected chi connectivity index (χ1v) is 9.91. The van der Waals surface area contributed by atoms with E-state index in [4.69, 9.17) is 5.26 Å². The number of hydrogen-bond acceptors (Lipinski definition) is 4. The van der Waals surface area contributed by atoms with E-state index in [-0.39, 0.29) is 0 Å². The maximum atomic E-state index is 12.5. The van der Waals surface area contributed by atoms with Gasteiger partial charge in [-0.2, -0.15) is 5.26 Å². The minimum absolute atomic E-state index is 0.503. The van der Waals surface area contributed by atoms with E-state index in [0.29, 0.717) is 19.5 Å². The molecule has 0 aliphatic carbocycles. The Morgan fingerprint density at radius 3 is 2.45 bits per heavy atom. The molecule has 2 N–H and O–H groups in total. The van der Waals surface area contributed by atoms with Crippen LogP contribution in [-0.4, -0.2) is 58.6 Å². The number of carbonyl (C=O) groups is 1. The first-order chi connectivity index (χ1) is 14.2. The number of aliphatic carboxylic acids is 1. The molecule has 0 radical (unpaired) electrons. The van der Waals surface area contributed by atoms with Crippen LogP contribution in [0.3, 0.4) is 0 Å². The van der Waals surface area contributed by atoms with Gasteiger partial charge in [0, 0.05) is 55.6 Å². The summed E-state index contributed by atoms with van der Waals surface area (Å²) in [6.07, 6.45) is 0.503. The average molecular weight is 388 g/mol. The summed E-state index contributed by atoms with van der Waals surface area (Å²) in [6.45, 7) is 3.61. The summed E-state index contributed by atoms with van der Waals surface area (Å²) in [5.41, 5.74) is 3.62. The lowest BCUT2D eigenvalue weighted by Gasteiger charge is -2.37. The number of aromatic amines is 1. The molecule has 6 heteroatoms. The van der Waals surface area contributed by atoms with Gasteiger partial charge in [0.1, 0.15) is 6.04 Å². The third-order valence-corrected chi connectivity index (χ3v) is 5.63. The summed E-state index contributed by atoms with van der Waals surface area (Å²) in [5.74, 6) is -0.836. The SMILES string of the molecule is N#CCCN1CCN([C@H](C(=O)O)c2c(-c3ccccc3)[nH]c3ccccc23)CC1. The highest BCUT2D eigenvalue weighted by Crippen LogP contribution is 2.37. The normalized spacial score (nSPS) is 16.5. The second-order valence-electron chi connectivity index (χ2n) is 7.35. The molecule has 2 aromatic carbocycles. The van der Waals surface area contributed by atoms with Gasteiger partial charge in [0.25, 0.3) is 0 Å². The Balaban J connectivity index is 1.73. The lowest BCUT2D eigenvalue weighted by atomic mass is 9.97. The highest BCUT2D eigenvalue weighted by molar-refractivity contribution is 5.95. The third-order valence-electron chi connectivity index (χ3n) is 5.63. The van der Waals surface area contributed by atoms with Crippen LogP contribution < -0.4 is 0 Å². The summed E-state index contributed by atoms with van der Waals surface area (Å²) in [4.78, 5) is 20.2. The van der Waals surface area contributed by atoms with Gasteiger partial charge >= 0.3 is 5.97 Å². The number of nitrogens with zero attached hydrogens (tertiary/aromatic N) is 3. The summed E-state index contributed by atoms with van der Waals surface area (Å²) in [5, 5.41) is 20.0. The van der Waals surface area contributed by atoms with Crippen molar-refractivity contribution in [3.8, 4) is 17.3 Å². The monoisotopic (exact) mass is 388 g/mol. The molecular formula is C23H24N4O2. The number of rotatable bonds is 6. The standard InChI is InChI=1S/C23H24N4O2/c24-11-6-12-26-13-15-27(16-14-26)22(23(28)29)20-18-9-4-5-10-19(18)25-21(20)17-7-2-1-3-8-17/h1-5,7-10,22,25H,6,12-16H2,(H,28,29)/t22-/m0/s1. The van der Waals surface area contributed by atoms with Gasteiger partial charge in [-0.05, 0) is 11.6 Å². The fourth-order valence-corrected chi connectivity index (χ4v) is 4.20. The Morgan fingerprint density at radius 1 is 1.07 bits per heavy atom. The number of H-pyrrole nitrogens is 1. The first kappa shape index (κ1) is 19.2. The van der Waals surface area contributed by atoms with E-state index < -0.39 is 12.0 Å². The molecule has 4 rings (SSSR count). The first-order valence-electron chi connectivity index (χ1n) is 9.91. The Bertz CT molecular complexity index is 1030. The van der Waals surface area contributed by atoms with E-state index in [1.54, 1.807) is 0 Å². The third kappa shape index (κ3) is 3.88. The lowest BCUT2D eigenvalue weighted by molar-refractivity contribution is -0.144.